The maximum Gasteiger partial charge on any atom is 0.228 e. The van der Waals surface area contributed by atoms with Crippen molar-refractivity contribution in [3.05, 3.63) is 30.2 Å². The third-order valence-electron chi connectivity index (χ3n) is 2.75. The maximum absolute atomic E-state index is 11.8. The van der Waals surface area contributed by atoms with Crippen molar-refractivity contribution in [1.82, 2.24) is 9.97 Å². The largest absolute Gasteiger partial charge is 0.295 e. The highest BCUT2D eigenvalue weighted by Crippen LogP contribution is 2.26. The summed E-state index contributed by atoms with van der Waals surface area (Å²) in [6.07, 6.45) is 3.64. The van der Waals surface area contributed by atoms with Crippen LogP contribution in [0.25, 0.3) is 0 Å². The molecule has 1 atom stereocenters. The van der Waals surface area contributed by atoms with Crippen LogP contribution >= 0.6 is 0 Å². The molecule has 2 rings (SSSR count). The number of aromatic nitrogens is 2. The molecule has 17 heavy (non-hydrogen) atoms. The number of aryl methyl sites for hydroxylation is 1. The van der Waals surface area contributed by atoms with Gasteiger partial charge in [0, 0.05) is 18.9 Å². The first-order valence-electron chi connectivity index (χ1n) is 5.32. The summed E-state index contributed by atoms with van der Waals surface area (Å²) in [6.45, 7) is 5.96. The van der Waals surface area contributed by atoms with Gasteiger partial charge in [-0.3, -0.25) is 9.69 Å². The molecule has 1 aliphatic heterocycles. The van der Waals surface area contributed by atoms with Crippen LogP contribution in [-0.4, -0.2) is 22.4 Å². The second kappa shape index (κ2) is 4.34. The SMILES string of the molecule is C=CC1CC(=O)N(c2nc(C)ncc2C#N)C1. The third-order valence-corrected chi connectivity index (χ3v) is 2.75. The van der Waals surface area contributed by atoms with Crippen molar-refractivity contribution in [2.24, 2.45) is 5.92 Å². The Bertz CT molecular complexity index is 518. The van der Waals surface area contributed by atoms with Gasteiger partial charge in [-0.15, -0.1) is 6.58 Å². The molecule has 0 radical (unpaired) electrons. The van der Waals surface area contributed by atoms with E-state index in [0.29, 0.717) is 30.2 Å². The quantitative estimate of drug-likeness (QED) is 0.713. The maximum atomic E-state index is 11.8. The van der Waals surface area contributed by atoms with E-state index in [9.17, 15) is 4.79 Å². The summed E-state index contributed by atoms with van der Waals surface area (Å²) in [5.74, 6) is 1.07. The summed E-state index contributed by atoms with van der Waals surface area (Å²) in [5, 5.41) is 8.99. The summed E-state index contributed by atoms with van der Waals surface area (Å²) >= 11 is 0. The van der Waals surface area contributed by atoms with E-state index < -0.39 is 0 Å². The molecule has 1 unspecified atom stereocenters. The van der Waals surface area contributed by atoms with Crippen molar-refractivity contribution >= 4 is 11.7 Å². The van der Waals surface area contributed by atoms with Crippen molar-refractivity contribution < 1.29 is 4.79 Å². The highest BCUT2D eigenvalue weighted by molar-refractivity contribution is 5.96. The lowest BCUT2D eigenvalue weighted by Crippen LogP contribution is -2.26. The summed E-state index contributed by atoms with van der Waals surface area (Å²) in [4.78, 5) is 21.5. The van der Waals surface area contributed by atoms with Gasteiger partial charge >= 0.3 is 0 Å². The minimum Gasteiger partial charge on any atom is -0.295 e. The predicted molar refractivity (Wildman–Crippen MR) is 62.1 cm³/mol. The van der Waals surface area contributed by atoms with E-state index in [0.717, 1.165) is 0 Å². The lowest BCUT2D eigenvalue weighted by Gasteiger charge is -2.16. The Balaban J connectivity index is 2.41. The van der Waals surface area contributed by atoms with Crippen LogP contribution in [0.2, 0.25) is 0 Å². The van der Waals surface area contributed by atoms with Crippen LogP contribution in [0.4, 0.5) is 5.82 Å². The van der Waals surface area contributed by atoms with Crippen molar-refractivity contribution in [3.8, 4) is 6.07 Å². The molecule has 2 heterocycles. The number of hydrogen-bond donors (Lipinski definition) is 0. The minimum atomic E-state index is -0.0236. The number of nitrogens with zero attached hydrogens (tertiary/aromatic N) is 4. The molecular formula is C12H12N4O. The summed E-state index contributed by atoms with van der Waals surface area (Å²) in [5.41, 5.74) is 0.327. The molecule has 86 valence electrons. The highest BCUT2D eigenvalue weighted by atomic mass is 16.2. The number of hydrogen-bond acceptors (Lipinski definition) is 4. The first-order valence-corrected chi connectivity index (χ1v) is 5.32. The van der Waals surface area contributed by atoms with Crippen LogP contribution in [0.15, 0.2) is 18.9 Å². The van der Waals surface area contributed by atoms with Crippen LogP contribution < -0.4 is 4.90 Å². The molecule has 5 heteroatoms. The van der Waals surface area contributed by atoms with E-state index >= 15 is 0 Å². The Morgan fingerprint density at radius 2 is 2.47 bits per heavy atom. The number of nitriles is 1. The van der Waals surface area contributed by atoms with E-state index in [1.54, 1.807) is 17.9 Å². The molecule has 0 aliphatic carbocycles. The number of carbonyl (C=O) groups is 1. The first kappa shape index (κ1) is 11.3. The first-order chi connectivity index (χ1) is 8.15. The van der Waals surface area contributed by atoms with Gasteiger partial charge in [-0.25, -0.2) is 9.97 Å². The topological polar surface area (TPSA) is 69.9 Å². The predicted octanol–water partition coefficient (Wildman–Crippen LogP) is 1.20. The third kappa shape index (κ3) is 2.02. The Labute approximate surface area is 99.4 Å². The lowest BCUT2D eigenvalue weighted by molar-refractivity contribution is -0.117. The molecule has 0 spiro atoms. The molecule has 0 N–H and O–H groups in total. The molecule has 1 aliphatic rings. The van der Waals surface area contributed by atoms with E-state index in [4.69, 9.17) is 5.26 Å². The molecule has 0 saturated carbocycles. The average Bonchev–Trinajstić information content (AvgIpc) is 2.70. The van der Waals surface area contributed by atoms with Crippen molar-refractivity contribution in [2.75, 3.05) is 11.4 Å². The zero-order chi connectivity index (χ0) is 12.4. The van der Waals surface area contributed by atoms with Crippen molar-refractivity contribution in [2.45, 2.75) is 13.3 Å². The zero-order valence-electron chi connectivity index (χ0n) is 9.55. The van der Waals surface area contributed by atoms with Crippen molar-refractivity contribution in [3.63, 3.8) is 0 Å². The summed E-state index contributed by atoms with van der Waals surface area (Å²) in [7, 11) is 0. The summed E-state index contributed by atoms with van der Waals surface area (Å²) < 4.78 is 0. The van der Waals surface area contributed by atoms with Crippen LogP contribution in [0.5, 0.6) is 0 Å². The molecule has 0 bridgehead atoms. The van der Waals surface area contributed by atoms with Gasteiger partial charge in [-0.05, 0) is 6.92 Å². The molecular weight excluding hydrogens is 216 g/mol. The molecule has 1 fully saturated rings. The normalized spacial score (nSPS) is 19.2. The molecule has 1 aromatic rings. The molecule has 5 nitrogen and oxygen atoms in total. The Morgan fingerprint density at radius 3 is 3.06 bits per heavy atom. The number of carbonyl (C=O) groups excluding carboxylic acids is 1. The molecule has 0 aromatic carbocycles. The van der Waals surface area contributed by atoms with E-state index in [1.807, 2.05) is 6.07 Å². The second-order valence-corrected chi connectivity index (χ2v) is 3.97. The number of rotatable bonds is 2. The van der Waals surface area contributed by atoms with Crippen LogP contribution in [0.3, 0.4) is 0 Å². The fourth-order valence-corrected chi connectivity index (χ4v) is 1.84. The smallest absolute Gasteiger partial charge is 0.228 e. The highest BCUT2D eigenvalue weighted by Gasteiger charge is 2.31. The van der Waals surface area contributed by atoms with Gasteiger partial charge in [0.05, 0.1) is 6.20 Å². The second-order valence-electron chi connectivity index (χ2n) is 3.97. The Hall–Kier alpha value is -2.22. The van der Waals surface area contributed by atoms with Gasteiger partial charge in [-0.2, -0.15) is 5.26 Å². The van der Waals surface area contributed by atoms with E-state index in [-0.39, 0.29) is 11.8 Å². The monoisotopic (exact) mass is 228 g/mol. The van der Waals surface area contributed by atoms with Crippen LogP contribution in [-0.2, 0) is 4.79 Å². The fraction of sp³-hybridized carbons (Fsp3) is 0.333. The van der Waals surface area contributed by atoms with Crippen LogP contribution in [0.1, 0.15) is 17.8 Å². The Kier molecular flexibility index (Phi) is 2.88. The number of anilines is 1. The van der Waals surface area contributed by atoms with Gasteiger partial charge in [0.15, 0.2) is 5.82 Å². The fourth-order valence-electron chi connectivity index (χ4n) is 1.84. The van der Waals surface area contributed by atoms with Gasteiger partial charge in [0.25, 0.3) is 0 Å². The van der Waals surface area contributed by atoms with Gasteiger partial charge in [0.1, 0.15) is 17.5 Å². The minimum absolute atomic E-state index is 0.0236. The van der Waals surface area contributed by atoms with Gasteiger partial charge in [0.2, 0.25) is 5.91 Å². The lowest BCUT2D eigenvalue weighted by atomic mass is 10.1. The van der Waals surface area contributed by atoms with Crippen LogP contribution in [0, 0.1) is 24.2 Å². The van der Waals surface area contributed by atoms with Crippen molar-refractivity contribution in [1.29, 1.82) is 5.26 Å². The molecule has 1 amide bonds. The average molecular weight is 228 g/mol. The van der Waals surface area contributed by atoms with Gasteiger partial charge < -0.3 is 0 Å². The summed E-state index contributed by atoms with van der Waals surface area (Å²) in [6, 6.07) is 2.01. The molecule has 1 saturated heterocycles. The zero-order valence-corrected chi connectivity index (χ0v) is 9.55. The molecule has 1 aromatic heterocycles. The number of amides is 1. The Morgan fingerprint density at radius 1 is 1.71 bits per heavy atom. The van der Waals surface area contributed by atoms with Gasteiger partial charge in [-0.1, -0.05) is 6.08 Å². The van der Waals surface area contributed by atoms with E-state index in [2.05, 4.69) is 16.5 Å². The standard InChI is InChI=1S/C12H12N4O/c1-3-9-4-11(17)16(7-9)12-10(5-13)6-14-8(2)15-12/h3,6,9H,1,4,7H2,2H3. The van der Waals surface area contributed by atoms with E-state index in [1.165, 1.54) is 6.20 Å².